The van der Waals surface area contributed by atoms with Crippen molar-refractivity contribution in [1.82, 2.24) is 19.9 Å². The van der Waals surface area contributed by atoms with Crippen LogP contribution in [0.3, 0.4) is 0 Å². The summed E-state index contributed by atoms with van der Waals surface area (Å²) in [6.07, 6.45) is 3.00. The SMILES string of the molecule is CC(C)(C)c1onc(-c2ccc([N+](=O)[O-])cc2)c1-n1cncn1. The van der Waals surface area contributed by atoms with Crippen molar-refractivity contribution in [2.45, 2.75) is 26.2 Å². The fourth-order valence-electron chi connectivity index (χ4n) is 2.24. The van der Waals surface area contributed by atoms with Crippen LogP contribution in [0.25, 0.3) is 16.9 Å². The topological polar surface area (TPSA) is 99.9 Å². The van der Waals surface area contributed by atoms with Crippen LogP contribution >= 0.6 is 0 Å². The first-order chi connectivity index (χ1) is 10.9. The number of nitro groups is 1. The molecule has 0 N–H and O–H groups in total. The Kier molecular flexibility index (Phi) is 3.44. The highest BCUT2D eigenvalue weighted by molar-refractivity contribution is 5.71. The zero-order valence-electron chi connectivity index (χ0n) is 12.9. The zero-order chi connectivity index (χ0) is 16.6. The number of aromatic nitrogens is 4. The van der Waals surface area contributed by atoms with Gasteiger partial charge in [0.25, 0.3) is 5.69 Å². The highest BCUT2D eigenvalue weighted by atomic mass is 16.6. The van der Waals surface area contributed by atoms with Gasteiger partial charge in [-0.25, -0.2) is 9.67 Å². The number of nitro benzene ring substituents is 1. The van der Waals surface area contributed by atoms with E-state index in [0.717, 1.165) is 0 Å². The lowest BCUT2D eigenvalue weighted by Gasteiger charge is -2.16. The third-order valence-electron chi connectivity index (χ3n) is 3.35. The predicted octanol–water partition coefficient (Wildman–Crippen LogP) is 3.13. The number of benzene rings is 1. The van der Waals surface area contributed by atoms with Crippen LogP contribution in [0.5, 0.6) is 0 Å². The summed E-state index contributed by atoms with van der Waals surface area (Å²) in [6, 6.07) is 6.16. The molecule has 0 amide bonds. The Labute approximate surface area is 131 Å². The van der Waals surface area contributed by atoms with E-state index in [0.29, 0.717) is 22.7 Å². The maximum Gasteiger partial charge on any atom is 0.269 e. The quantitative estimate of drug-likeness (QED) is 0.544. The first-order valence-corrected chi connectivity index (χ1v) is 6.98. The number of nitrogens with zero attached hydrogens (tertiary/aromatic N) is 5. The largest absolute Gasteiger partial charge is 0.358 e. The van der Waals surface area contributed by atoms with E-state index in [1.165, 1.54) is 18.5 Å². The third-order valence-corrected chi connectivity index (χ3v) is 3.35. The summed E-state index contributed by atoms with van der Waals surface area (Å²) < 4.78 is 7.13. The summed E-state index contributed by atoms with van der Waals surface area (Å²) in [6.45, 7) is 6.02. The second-order valence-corrected chi connectivity index (χ2v) is 6.10. The molecular weight excluding hydrogens is 298 g/mol. The predicted molar refractivity (Wildman–Crippen MR) is 82.2 cm³/mol. The van der Waals surface area contributed by atoms with Gasteiger partial charge in [0.15, 0.2) is 5.76 Å². The van der Waals surface area contributed by atoms with E-state index in [1.54, 1.807) is 23.1 Å². The van der Waals surface area contributed by atoms with E-state index >= 15 is 0 Å². The standard InChI is InChI=1S/C15H15N5O3/c1-15(2,3)14-13(19-9-16-8-17-19)12(18-23-14)10-4-6-11(7-5-10)20(21)22/h4-9H,1-3H3. The average Bonchev–Trinajstić information content (AvgIpc) is 3.15. The fourth-order valence-corrected chi connectivity index (χ4v) is 2.24. The van der Waals surface area contributed by atoms with Crippen LogP contribution in [0, 0.1) is 10.1 Å². The molecule has 0 unspecified atom stereocenters. The molecule has 0 saturated carbocycles. The Morgan fingerprint density at radius 3 is 2.43 bits per heavy atom. The van der Waals surface area contributed by atoms with Crippen molar-refractivity contribution < 1.29 is 9.45 Å². The first-order valence-electron chi connectivity index (χ1n) is 6.98. The molecule has 0 bridgehead atoms. The lowest BCUT2D eigenvalue weighted by atomic mass is 9.91. The van der Waals surface area contributed by atoms with Gasteiger partial charge in [-0.15, -0.1) is 0 Å². The molecule has 1 aromatic carbocycles. The Morgan fingerprint density at radius 2 is 1.91 bits per heavy atom. The highest BCUT2D eigenvalue weighted by Gasteiger charge is 2.29. The smallest absolute Gasteiger partial charge is 0.269 e. The van der Waals surface area contributed by atoms with Gasteiger partial charge < -0.3 is 4.52 Å². The van der Waals surface area contributed by atoms with E-state index in [1.807, 2.05) is 20.8 Å². The monoisotopic (exact) mass is 313 g/mol. The summed E-state index contributed by atoms with van der Waals surface area (Å²) in [5, 5.41) is 19.1. The van der Waals surface area contributed by atoms with Crippen LogP contribution in [-0.4, -0.2) is 24.8 Å². The van der Waals surface area contributed by atoms with E-state index < -0.39 is 4.92 Å². The molecule has 0 fully saturated rings. The number of rotatable bonds is 3. The molecule has 3 aromatic rings. The van der Waals surface area contributed by atoms with Crippen LogP contribution in [0.4, 0.5) is 5.69 Å². The van der Waals surface area contributed by atoms with Gasteiger partial charge in [0.05, 0.1) is 4.92 Å². The first kappa shape index (κ1) is 14.9. The van der Waals surface area contributed by atoms with Gasteiger partial charge in [0.2, 0.25) is 0 Å². The Balaban J connectivity index is 2.16. The van der Waals surface area contributed by atoms with Crippen molar-refractivity contribution in [3.63, 3.8) is 0 Å². The van der Waals surface area contributed by atoms with Crippen molar-refractivity contribution in [1.29, 1.82) is 0 Å². The molecule has 8 nitrogen and oxygen atoms in total. The summed E-state index contributed by atoms with van der Waals surface area (Å²) in [5.74, 6) is 0.663. The highest BCUT2D eigenvalue weighted by Crippen LogP contribution is 2.35. The molecule has 0 radical (unpaired) electrons. The normalized spacial score (nSPS) is 11.6. The van der Waals surface area contributed by atoms with Gasteiger partial charge in [0.1, 0.15) is 24.0 Å². The maximum atomic E-state index is 10.8. The molecule has 8 heteroatoms. The Hall–Kier alpha value is -3.03. The fraction of sp³-hybridized carbons (Fsp3) is 0.267. The van der Waals surface area contributed by atoms with Gasteiger partial charge in [-0.05, 0) is 12.1 Å². The van der Waals surface area contributed by atoms with Gasteiger partial charge in [-0.2, -0.15) is 5.10 Å². The molecule has 2 heterocycles. The van der Waals surface area contributed by atoms with Crippen molar-refractivity contribution in [2.75, 3.05) is 0 Å². The molecule has 0 aliphatic rings. The van der Waals surface area contributed by atoms with Crippen LogP contribution in [0.2, 0.25) is 0 Å². The van der Waals surface area contributed by atoms with E-state index in [-0.39, 0.29) is 11.1 Å². The Bertz CT molecular complexity index is 829. The molecule has 0 aliphatic heterocycles. The lowest BCUT2D eigenvalue weighted by molar-refractivity contribution is -0.384. The summed E-state index contributed by atoms with van der Waals surface area (Å²) in [7, 11) is 0. The van der Waals surface area contributed by atoms with Crippen LogP contribution < -0.4 is 0 Å². The van der Waals surface area contributed by atoms with E-state index in [2.05, 4.69) is 15.2 Å². The molecule has 0 aliphatic carbocycles. The molecule has 3 rings (SSSR count). The minimum Gasteiger partial charge on any atom is -0.358 e. The summed E-state index contributed by atoms with van der Waals surface area (Å²) >= 11 is 0. The number of hydrogen-bond acceptors (Lipinski definition) is 6. The van der Waals surface area contributed by atoms with E-state index in [4.69, 9.17) is 4.52 Å². The maximum absolute atomic E-state index is 10.8. The summed E-state index contributed by atoms with van der Waals surface area (Å²) in [4.78, 5) is 14.3. The van der Waals surface area contributed by atoms with Crippen LogP contribution in [-0.2, 0) is 5.41 Å². The molecule has 23 heavy (non-hydrogen) atoms. The van der Waals surface area contributed by atoms with Gasteiger partial charge in [0, 0.05) is 23.1 Å². The molecule has 118 valence electrons. The summed E-state index contributed by atoms with van der Waals surface area (Å²) in [5.41, 5.74) is 1.70. The third kappa shape index (κ3) is 2.70. The molecule has 0 atom stereocenters. The number of hydrogen-bond donors (Lipinski definition) is 0. The van der Waals surface area contributed by atoms with Crippen molar-refractivity contribution in [3.8, 4) is 16.9 Å². The molecule has 0 spiro atoms. The van der Waals surface area contributed by atoms with Crippen LogP contribution in [0.1, 0.15) is 26.5 Å². The van der Waals surface area contributed by atoms with Gasteiger partial charge in [-0.3, -0.25) is 10.1 Å². The second kappa shape index (κ2) is 5.31. The van der Waals surface area contributed by atoms with Gasteiger partial charge >= 0.3 is 0 Å². The average molecular weight is 313 g/mol. The van der Waals surface area contributed by atoms with Gasteiger partial charge in [-0.1, -0.05) is 25.9 Å². The van der Waals surface area contributed by atoms with Crippen molar-refractivity contribution in [3.05, 3.63) is 52.8 Å². The number of non-ortho nitro benzene ring substituents is 1. The minimum atomic E-state index is -0.439. The van der Waals surface area contributed by atoms with Crippen molar-refractivity contribution >= 4 is 5.69 Å². The van der Waals surface area contributed by atoms with Crippen LogP contribution in [0.15, 0.2) is 41.4 Å². The Morgan fingerprint density at radius 1 is 1.22 bits per heavy atom. The van der Waals surface area contributed by atoms with Crippen molar-refractivity contribution in [2.24, 2.45) is 0 Å². The molecular formula is C15H15N5O3. The zero-order valence-corrected chi connectivity index (χ0v) is 12.9. The van der Waals surface area contributed by atoms with E-state index in [9.17, 15) is 10.1 Å². The molecule has 2 aromatic heterocycles. The second-order valence-electron chi connectivity index (χ2n) is 6.10. The minimum absolute atomic E-state index is 0.0237. The lowest BCUT2D eigenvalue weighted by Crippen LogP contribution is -2.14. The molecule has 0 saturated heterocycles.